The average molecular weight is 288 g/mol. The van der Waals surface area contributed by atoms with Gasteiger partial charge in [0.1, 0.15) is 16.7 Å². The average Bonchev–Trinajstić information content (AvgIpc) is 2.87. The third kappa shape index (κ3) is 1.65. The molecule has 0 spiro atoms. The van der Waals surface area contributed by atoms with Crippen LogP contribution in [-0.2, 0) is 27.1 Å². The van der Waals surface area contributed by atoms with Crippen molar-refractivity contribution in [2.45, 2.75) is 26.8 Å². The van der Waals surface area contributed by atoms with Crippen LogP contribution in [0.15, 0.2) is 9.59 Å². The van der Waals surface area contributed by atoms with Crippen molar-refractivity contribution in [3.8, 4) is 0 Å². The SMILES string of the molecule is CCc1nc2nnc3c(c(=O)n(C)c(=O)n3C)c2n1CC. The molecule has 3 aromatic heterocycles. The van der Waals surface area contributed by atoms with Crippen molar-refractivity contribution in [1.82, 2.24) is 28.9 Å². The van der Waals surface area contributed by atoms with Gasteiger partial charge >= 0.3 is 5.69 Å². The number of rotatable bonds is 2. The van der Waals surface area contributed by atoms with E-state index in [-0.39, 0.29) is 11.2 Å². The van der Waals surface area contributed by atoms with E-state index >= 15 is 0 Å². The molecule has 0 aliphatic rings. The van der Waals surface area contributed by atoms with Crippen molar-refractivity contribution in [3.05, 3.63) is 26.7 Å². The highest BCUT2D eigenvalue weighted by Gasteiger charge is 2.19. The highest BCUT2D eigenvalue weighted by Crippen LogP contribution is 2.20. The molecule has 0 saturated heterocycles. The zero-order valence-electron chi connectivity index (χ0n) is 12.4. The van der Waals surface area contributed by atoms with Gasteiger partial charge in [-0.1, -0.05) is 6.92 Å². The molecule has 0 fully saturated rings. The second kappa shape index (κ2) is 4.51. The Morgan fingerprint density at radius 3 is 2.38 bits per heavy atom. The molecule has 0 atom stereocenters. The summed E-state index contributed by atoms with van der Waals surface area (Å²) in [6, 6.07) is 0. The van der Waals surface area contributed by atoms with E-state index in [1.807, 2.05) is 18.4 Å². The first-order valence-corrected chi connectivity index (χ1v) is 6.82. The van der Waals surface area contributed by atoms with Gasteiger partial charge in [0.2, 0.25) is 5.65 Å². The minimum absolute atomic E-state index is 0.285. The Labute approximate surface area is 119 Å². The Balaban J connectivity index is 2.69. The Morgan fingerprint density at radius 2 is 1.76 bits per heavy atom. The van der Waals surface area contributed by atoms with Gasteiger partial charge in [-0.15, -0.1) is 10.2 Å². The van der Waals surface area contributed by atoms with Crippen LogP contribution < -0.4 is 11.2 Å². The number of imidazole rings is 1. The fourth-order valence-corrected chi connectivity index (χ4v) is 2.66. The van der Waals surface area contributed by atoms with E-state index in [2.05, 4.69) is 15.2 Å². The molecule has 0 bridgehead atoms. The molecule has 3 heterocycles. The van der Waals surface area contributed by atoms with Crippen LogP contribution in [0.5, 0.6) is 0 Å². The lowest BCUT2D eigenvalue weighted by molar-refractivity contribution is 0.701. The van der Waals surface area contributed by atoms with E-state index in [0.717, 1.165) is 16.8 Å². The summed E-state index contributed by atoms with van der Waals surface area (Å²) in [5.41, 5.74) is 0.588. The van der Waals surface area contributed by atoms with Crippen LogP contribution in [0.3, 0.4) is 0 Å². The highest BCUT2D eigenvalue weighted by atomic mass is 16.2. The van der Waals surface area contributed by atoms with Gasteiger partial charge in [-0.05, 0) is 6.92 Å². The zero-order chi connectivity index (χ0) is 15.3. The lowest BCUT2D eigenvalue weighted by atomic mass is 10.3. The van der Waals surface area contributed by atoms with Crippen LogP contribution in [0.4, 0.5) is 0 Å². The summed E-state index contributed by atoms with van der Waals surface area (Å²) < 4.78 is 4.38. The van der Waals surface area contributed by atoms with Gasteiger partial charge in [-0.2, -0.15) is 0 Å². The quantitative estimate of drug-likeness (QED) is 0.660. The zero-order valence-corrected chi connectivity index (χ0v) is 12.4. The minimum atomic E-state index is -0.417. The second-order valence-electron chi connectivity index (χ2n) is 4.90. The van der Waals surface area contributed by atoms with Gasteiger partial charge < -0.3 is 4.57 Å². The Bertz CT molecular complexity index is 978. The monoisotopic (exact) mass is 288 g/mol. The first-order valence-electron chi connectivity index (χ1n) is 6.82. The number of hydrogen-bond acceptors (Lipinski definition) is 5. The largest absolute Gasteiger partial charge is 0.332 e. The lowest BCUT2D eigenvalue weighted by Crippen LogP contribution is -2.37. The molecule has 0 saturated carbocycles. The summed E-state index contributed by atoms with van der Waals surface area (Å²) in [5.74, 6) is 0.852. The highest BCUT2D eigenvalue weighted by molar-refractivity contribution is 5.98. The first kappa shape index (κ1) is 13.5. The number of hydrogen-bond donors (Lipinski definition) is 0. The van der Waals surface area contributed by atoms with Crippen LogP contribution in [0, 0.1) is 0 Å². The molecule has 0 aromatic carbocycles. The van der Waals surface area contributed by atoms with E-state index in [4.69, 9.17) is 0 Å². The number of aryl methyl sites for hydroxylation is 3. The maximum Gasteiger partial charge on any atom is 0.332 e. The molecule has 8 heteroatoms. The maximum atomic E-state index is 12.5. The van der Waals surface area contributed by atoms with Crippen molar-refractivity contribution in [2.24, 2.45) is 14.1 Å². The molecule has 0 N–H and O–H groups in total. The summed E-state index contributed by atoms with van der Waals surface area (Å²) in [7, 11) is 3.04. The van der Waals surface area contributed by atoms with Gasteiger partial charge in [0.25, 0.3) is 5.56 Å². The number of nitrogens with zero attached hydrogens (tertiary/aromatic N) is 6. The molecule has 3 rings (SSSR count). The van der Waals surface area contributed by atoms with Gasteiger partial charge in [-0.25, -0.2) is 9.78 Å². The topological polar surface area (TPSA) is 87.6 Å². The van der Waals surface area contributed by atoms with Crippen molar-refractivity contribution >= 4 is 22.2 Å². The number of fused-ring (bicyclic) bond motifs is 3. The molecule has 110 valence electrons. The van der Waals surface area contributed by atoms with Crippen molar-refractivity contribution in [1.29, 1.82) is 0 Å². The standard InChI is InChI=1S/C13H16N6O2/c1-5-7-14-10-9(19(7)6-2)8-11(16-15-10)17(3)13(21)18(4)12(8)20/h5-6H2,1-4H3. The Kier molecular flexibility index (Phi) is 2.89. The Hall–Kier alpha value is -2.51. The molecular weight excluding hydrogens is 272 g/mol. The summed E-state index contributed by atoms with van der Waals surface area (Å²) in [6.45, 7) is 4.66. The predicted molar refractivity (Wildman–Crippen MR) is 78.4 cm³/mol. The van der Waals surface area contributed by atoms with Gasteiger partial charge in [0.15, 0.2) is 5.65 Å². The summed E-state index contributed by atoms with van der Waals surface area (Å²) in [6.07, 6.45) is 0.734. The van der Waals surface area contributed by atoms with Crippen LogP contribution >= 0.6 is 0 Å². The maximum absolute atomic E-state index is 12.5. The third-order valence-electron chi connectivity index (χ3n) is 3.77. The van der Waals surface area contributed by atoms with Gasteiger partial charge in [0, 0.05) is 27.1 Å². The van der Waals surface area contributed by atoms with E-state index in [9.17, 15) is 9.59 Å². The normalized spacial score (nSPS) is 11.6. The molecule has 3 aromatic rings. The molecule has 21 heavy (non-hydrogen) atoms. The van der Waals surface area contributed by atoms with Gasteiger partial charge in [-0.3, -0.25) is 13.9 Å². The second-order valence-corrected chi connectivity index (χ2v) is 4.90. The molecular formula is C13H16N6O2. The molecule has 0 aliphatic heterocycles. The fraction of sp³-hybridized carbons (Fsp3) is 0.462. The summed E-state index contributed by atoms with van der Waals surface area (Å²) in [5, 5.41) is 8.48. The molecule has 0 amide bonds. The van der Waals surface area contributed by atoms with E-state index in [0.29, 0.717) is 23.1 Å². The van der Waals surface area contributed by atoms with Crippen molar-refractivity contribution in [3.63, 3.8) is 0 Å². The summed E-state index contributed by atoms with van der Waals surface area (Å²) in [4.78, 5) is 28.9. The van der Waals surface area contributed by atoms with Gasteiger partial charge in [0.05, 0.1) is 0 Å². The van der Waals surface area contributed by atoms with Crippen LogP contribution in [0.25, 0.3) is 22.2 Å². The summed E-state index contributed by atoms with van der Waals surface area (Å²) >= 11 is 0. The van der Waals surface area contributed by atoms with Crippen LogP contribution in [0.1, 0.15) is 19.7 Å². The van der Waals surface area contributed by atoms with Crippen molar-refractivity contribution in [2.75, 3.05) is 0 Å². The van der Waals surface area contributed by atoms with E-state index < -0.39 is 5.69 Å². The minimum Gasteiger partial charge on any atom is -0.326 e. The Morgan fingerprint density at radius 1 is 1.05 bits per heavy atom. The number of aromatic nitrogens is 6. The van der Waals surface area contributed by atoms with Crippen LogP contribution in [-0.4, -0.2) is 28.9 Å². The lowest BCUT2D eigenvalue weighted by Gasteiger charge is -2.08. The van der Waals surface area contributed by atoms with Crippen LogP contribution in [0.2, 0.25) is 0 Å². The van der Waals surface area contributed by atoms with Crippen molar-refractivity contribution < 1.29 is 0 Å². The fourth-order valence-electron chi connectivity index (χ4n) is 2.66. The first-order chi connectivity index (χ1) is 10.0. The third-order valence-corrected chi connectivity index (χ3v) is 3.77. The molecule has 8 nitrogen and oxygen atoms in total. The van der Waals surface area contributed by atoms with E-state index in [1.54, 1.807) is 7.05 Å². The molecule has 0 unspecified atom stereocenters. The predicted octanol–water partition coefficient (Wildman–Crippen LogP) is -0.0408. The molecule has 0 radical (unpaired) electrons. The van der Waals surface area contributed by atoms with E-state index in [1.165, 1.54) is 11.6 Å². The smallest absolute Gasteiger partial charge is 0.326 e. The molecule has 0 aliphatic carbocycles.